The summed E-state index contributed by atoms with van der Waals surface area (Å²) < 4.78 is 0. The fourth-order valence-electron chi connectivity index (χ4n) is 2.60. The van der Waals surface area contributed by atoms with Crippen LogP contribution in [0.25, 0.3) is 0 Å². The van der Waals surface area contributed by atoms with Crippen LogP contribution >= 0.6 is 0 Å². The van der Waals surface area contributed by atoms with Crippen LogP contribution in [0.4, 0.5) is 5.69 Å². The second kappa shape index (κ2) is 5.01. The van der Waals surface area contributed by atoms with Crippen LogP contribution in [0, 0.1) is 0 Å². The summed E-state index contributed by atoms with van der Waals surface area (Å²) in [5, 5.41) is 9.06. The SMILES string of the molecule is O=C1Cc2ccc(C(=O)N[C@@H]3CCCNC3)cc2N1. The molecular weight excluding hydrogens is 242 g/mol. The minimum atomic E-state index is -0.0716. The Balaban J connectivity index is 1.70. The molecule has 2 aliphatic rings. The van der Waals surface area contributed by atoms with E-state index in [-0.39, 0.29) is 17.9 Å². The van der Waals surface area contributed by atoms with Gasteiger partial charge in [0.05, 0.1) is 6.42 Å². The van der Waals surface area contributed by atoms with Crippen molar-refractivity contribution in [3.05, 3.63) is 29.3 Å². The van der Waals surface area contributed by atoms with Crippen LogP contribution in [0.2, 0.25) is 0 Å². The first-order chi connectivity index (χ1) is 9.22. The van der Waals surface area contributed by atoms with Crippen LogP contribution in [0.15, 0.2) is 18.2 Å². The van der Waals surface area contributed by atoms with Gasteiger partial charge in [-0.15, -0.1) is 0 Å². The summed E-state index contributed by atoms with van der Waals surface area (Å²) in [5.74, 6) is -0.0818. The summed E-state index contributed by atoms with van der Waals surface area (Å²) in [6.07, 6.45) is 2.51. The molecule has 0 bridgehead atoms. The van der Waals surface area contributed by atoms with Crippen molar-refractivity contribution in [2.45, 2.75) is 25.3 Å². The maximum absolute atomic E-state index is 12.1. The lowest BCUT2D eigenvalue weighted by Gasteiger charge is -2.23. The van der Waals surface area contributed by atoms with Gasteiger partial charge in [0.15, 0.2) is 0 Å². The number of hydrogen-bond acceptors (Lipinski definition) is 3. The maximum Gasteiger partial charge on any atom is 0.251 e. The molecule has 1 fully saturated rings. The molecule has 0 aromatic heterocycles. The van der Waals surface area contributed by atoms with Crippen LogP contribution in [-0.2, 0) is 11.2 Å². The number of carbonyl (C=O) groups excluding carboxylic acids is 2. The molecule has 19 heavy (non-hydrogen) atoms. The highest BCUT2D eigenvalue weighted by molar-refractivity contribution is 6.02. The number of anilines is 1. The Bertz CT molecular complexity index is 521. The van der Waals surface area contributed by atoms with Crippen LogP contribution < -0.4 is 16.0 Å². The van der Waals surface area contributed by atoms with E-state index in [9.17, 15) is 9.59 Å². The smallest absolute Gasteiger partial charge is 0.251 e. The molecule has 100 valence electrons. The van der Waals surface area contributed by atoms with Gasteiger partial charge in [-0.25, -0.2) is 0 Å². The lowest BCUT2D eigenvalue weighted by Crippen LogP contribution is -2.45. The zero-order valence-corrected chi connectivity index (χ0v) is 10.7. The first-order valence-corrected chi connectivity index (χ1v) is 6.67. The van der Waals surface area contributed by atoms with E-state index >= 15 is 0 Å². The predicted molar refractivity (Wildman–Crippen MR) is 72.1 cm³/mol. The average molecular weight is 259 g/mol. The summed E-state index contributed by atoms with van der Waals surface area (Å²) in [6, 6.07) is 5.58. The first-order valence-electron chi connectivity index (χ1n) is 6.67. The Hall–Kier alpha value is -1.88. The largest absolute Gasteiger partial charge is 0.348 e. The van der Waals surface area contributed by atoms with Gasteiger partial charge in [-0.05, 0) is 37.1 Å². The molecule has 0 aliphatic carbocycles. The number of carbonyl (C=O) groups is 2. The molecule has 2 aliphatic heterocycles. The quantitative estimate of drug-likeness (QED) is 0.731. The van der Waals surface area contributed by atoms with Gasteiger partial charge in [0.2, 0.25) is 5.91 Å². The molecule has 5 heteroatoms. The van der Waals surface area contributed by atoms with Crippen molar-refractivity contribution < 1.29 is 9.59 Å². The van der Waals surface area contributed by atoms with Crippen LogP contribution in [-0.4, -0.2) is 30.9 Å². The van der Waals surface area contributed by atoms with Gasteiger partial charge >= 0.3 is 0 Å². The Morgan fingerprint density at radius 2 is 2.26 bits per heavy atom. The van der Waals surface area contributed by atoms with Crippen molar-refractivity contribution in [3.63, 3.8) is 0 Å². The minimum absolute atomic E-state index is 0.0101. The van der Waals surface area contributed by atoms with Gasteiger partial charge in [0.1, 0.15) is 0 Å². The van der Waals surface area contributed by atoms with Gasteiger partial charge in [-0.3, -0.25) is 9.59 Å². The summed E-state index contributed by atoms with van der Waals surface area (Å²) in [6.45, 7) is 1.85. The van der Waals surface area contributed by atoms with E-state index in [0.717, 1.165) is 37.2 Å². The third-order valence-electron chi connectivity index (χ3n) is 3.63. The zero-order valence-electron chi connectivity index (χ0n) is 10.7. The summed E-state index contributed by atoms with van der Waals surface area (Å²) in [7, 11) is 0. The molecule has 0 saturated carbocycles. The lowest BCUT2D eigenvalue weighted by molar-refractivity contribution is -0.115. The lowest BCUT2D eigenvalue weighted by atomic mass is 10.1. The minimum Gasteiger partial charge on any atom is -0.348 e. The summed E-state index contributed by atoms with van der Waals surface area (Å²) in [5.41, 5.74) is 2.33. The zero-order chi connectivity index (χ0) is 13.2. The molecule has 5 nitrogen and oxygen atoms in total. The predicted octanol–water partition coefficient (Wildman–Crippen LogP) is 0.663. The van der Waals surface area contributed by atoms with E-state index in [1.807, 2.05) is 6.07 Å². The highest BCUT2D eigenvalue weighted by atomic mass is 16.2. The molecule has 3 N–H and O–H groups in total. The van der Waals surface area contributed by atoms with Gasteiger partial charge in [0.25, 0.3) is 5.91 Å². The highest BCUT2D eigenvalue weighted by Crippen LogP contribution is 2.24. The second-order valence-corrected chi connectivity index (χ2v) is 5.11. The van der Waals surface area contributed by atoms with Crippen LogP contribution in [0.3, 0.4) is 0 Å². The summed E-state index contributed by atoms with van der Waals surface area (Å²) in [4.78, 5) is 23.4. The van der Waals surface area contributed by atoms with E-state index in [4.69, 9.17) is 0 Å². The van der Waals surface area contributed by atoms with Crippen molar-refractivity contribution in [3.8, 4) is 0 Å². The number of rotatable bonds is 2. The molecule has 0 unspecified atom stereocenters. The van der Waals surface area contributed by atoms with Crippen molar-refractivity contribution in [1.29, 1.82) is 0 Å². The summed E-state index contributed by atoms with van der Waals surface area (Å²) >= 11 is 0. The Morgan fingerprint density at radius 1 is 1.37 bits per heavy atom. The molecule has 1 aromatic rings. The van der Waals surface area contributed by atoms with Crippen LogP contribution in [0.5, 0.6) is 0 Å². The monoisotopic (exact) mass is 259 g/mol. The fraction of sp³-hybridized carbons (Fsp3) is 0.429. The third-order valence-corrected chi connectivity index (χ3v) is 3.63. The Labute approximate surface area is 111 Å². The molecule has 3 rings (SSSR count). The van der Waals surface area contributed by atoms with E-state index in [1.54, 1.807) is 12.1 Å². The molecular formula is C14H17N3O2. The van der Waals surface area contributed by atoms with Crippen molar-refractivity contribution in [2.24, 2.45) is 0 Å². The van der Waals surface area contributed by atoms with Gasteiger partial charge in [-0.1, -0.05) is 6.07 Å². The Kier molecular flexibility index (Phi) is 3.21. The topological polar surface area (TPSA) is 70.2 Å². The van der Waals surface area contributed by atoms with E-state index < -0.39 is 0 Å². The normalized spacial score (nSPS) is 21.7. The number of hydrogen-bond donors (Lipinski definition) is 3. The van der Waals surface area contributed by atoms with Gasteiger partial charge in [-0.2, -0.15) is 0 Å². The van der Waals surface area contributed by atoms with E-state index in [1.165, 1.54) is 0 Å². The van der Waals surface area contributed by atoms with E-state index in [2.05, 4.69) is 16.0 Å². The van der Waals surface area contributed by atoms with Crippen molar-refractivity contribution in [2.75, 3.05) is 18.4 Å². The molecule has 2 heterocycles. The first kappa shape index (κ1) is 12.2. The van der Waals surface area contributed by atoms with Crippen molar-refractivity contribution in [1.82, 2.24) is 10.6 Å². The average Bonchev–Trinajstić information content (AvgIpc) is 2.78. The molecule has 2 amide bonds. The maximum atomic E-state index is 12.1. The number of amides is 2. The number of piperidine rings is 1. The van der Waals surface area contributed by atoms with Crippen molar-refractivity contribution >= 4 is 17.5 Å². The van der Waals surface area contributed by atoms with Gasteiger partial charge in [0, 0.05) is 23.8 Å². The molecule has 0 radical (unpaired) electrons. The van der Waals surface area contributed by atoms with Crippen LogP contribution in [0.1, 0.15) is 28.8 Å². The Morgan fingerprint density at radius 3 is 3.05 bits per heavy atom. The molecule has 1 aromatic carbocycles. The highest BCUT2D eigenvalue weighted by Gasteiger charge is 2.20. The molecule has 1 atom stereocenters. The number of fused-ring (bicyclic) bond motifs is 1. The molecule has 1 saturated heterocycles. The number of nitrogens with one attached hydrogen (secondary N) is 3. The number of benzene rings is 1. The molecule has 0 spiro atoms. The van der Waals surface area contributed by atoms with Gasteiger partial charge < -0.3 is 16.0 Å². The third kappa shape index (κ3) is 2.61. The standard InChI is InChI=1S/C14H17N3O2/c18-13-7-9-3-4-10(6-12(9)17-13)14(19)16-11-2-1-5-15-8-11/h3-4,6,11,15H,1-2,5,7-8H2,(H,16,19)(H,17,18)/t11-/m1/s1. The second-order valence-electron chi connectivity index (χ2n) is 5.11. The van der Waals surface area contributed by atoms with E-state index in [0.29, 0.717) is 12.0 Å². The fourth-order valence-corrected chi connectivity index (χ4v) is 2.60.